The van der Waals surface area contributed by atoms with Gasteiger partial charge in [-0.3, -0.25) is 0 Å². The lowest BCUT2D eigenvalue weighted by Gasteiger charge is -2.43. The number of hydrogen-bond acceptors (Lipinski definition) is 4. The van der Waals surface area contributed by atoms with Crippen LogP contribution < -0.4 is 62.9 Å². The van der Waals surface area contributed by atoms with Crippen molar-refractivity contribution in [3.8, 4) is 66.8 Å². The van der Waals surface area contributed by atoms with Crippen LogP contribution in [0.5, 0.6) is 0 Å². The predicted molar refractivity (Wildman–Crippen MR) is 568 cm³/mol. The number of benzene rings is 24. The summed E-state index contributed by atoms with van der Waals surface area (Å²) in [6.07, 6.45) is 0. The molecule has 8 aliphatic heterocycles. The standard InChI is InChI=1S/2C32H20BN.2C30H18BN/c1-3-11-23-19-29-27(17-21(23)9-1)25-13-5-7-15-31(25)34-32-16-8-6-14-26(32)28-18-22-10-2-4-12-24(22)20-30(28)33(29)34;1-2-11-23-20-29-27(19-22(23)10-1)25-13-5-7-15-30(25)34-31-16-8-6-14-26(31)32-24-12-4-3-9-21(24)17-18-28(32)33(29)34;1-2-10-22-19(7-1)17-18-25-30(22)23-11-3-4-13-26(23)32-27-14-6-9-21-16-15-20-8-5-12-24(31(25)32)28(20)29(21)27;1-2-8-22-18-26-24(17-21(22)7-1)23-11-3-4-13-27(23)32-28-14-6-10-20-16-15-19-9-5-12-25(31(26)32)29(19)30(20)28/h2*1-20H;2*1-18H. The van der Waals surface area contributed by atoms with Crippen LogP contribution in [-0.2, 0) is 0 Å². The number of para-hydroxylation sites is 6. The maximum Gasteiger partial charge on any atom is 0.329 e. The minimum absolute atomic E-state index is 0.129. The molecule has 8 heterocycles. The summed E-state index contributed by atoms with van der Waals surface area (Å²) in [5.41, 5.74) is 37.4. The maximum atomic E-state index is 2.58. The smallest absolute Gasteiger partial charge is 0.329 e. The van der Waals surface area contributed by atoms with Crippen molar-refractivity contribution < 1.29 is 0 Å². The topological polar surface area (TPSA) is 13.0 Å². The summed E-state index contributed by atoms with van der Waals surface area (Å²) in [6, 6.07) is 171. The van der Waals surface area contributed by atoms with Crippen LogP contribution in [0.25, 0.3) is 174 Å². The van der Waals surface area contributed by atoms with E-state index in [1.807, 2.05) is 0 Å². The average molecular weight is 1670 g/mol. The van der Waals surface area contributed by atoms with Gasteiger partial charge in [0.1, 0.15) is 0 Å². The van der Waals surface area contributed by atoms with Gasteiger partial charge in [-0.15, -0.1) is 0 Å². The van der Waals surface area contributed by atoms with Gasteiger partial charge in [-0.25, -0.2) is 0 Å². The van der Waals surface area contributed by atoms with Gasteiger partial charge in [-0.2, -0.15) is 0 Å². The molecule has 0 saturated carbocycles. The van der Waals surface area contributed by atoms with Crippen LogP contribution >= 0.6 is 0 Å². The van der Waals surface area contributed by atoms with Gasteiger partial charge in [-0.1, -0.05) is 388 Å². The first-order valence-corrected chi connectivity index (χ1v) is 46.3. The maximum absolute atomic E-state index is 2.58. The summed E-state index contributed by atoms with van der Waals surface area (Å²) >= 11 is 0. The van der Waals surface area contributed by atoms with E-state index in [0.29, 0.717) is 0 Å². The second-order valence-electron chi connectivity index (χ2n) is 36.6. The Bertz CT molecular complexity index is 8710. The van der Waals surface area contributed by atoms with Gasteiger partial charge in [0.05, 0.1) is 0 Å². The molecule has 32 rings (SSSR count). The van der Waals surface area contributed by atoms with Crippen molar-refractivity contribution in [3.63, 3.8) is 0 Å². The van der Waals surface area contributed by atoms with Gasteiger partial charge in [0, 0.05) is 89.7 Å². The number of rotatable bonds is 0. The fourth-order valence-electron chi connectivity index (χ4n) is 24.5. The molecule has 8 aliphatic rings. The van der Waals surface area contributed by atoms with Crippen molar-refractivity contribution in [1.29, 1.82) is 0 Å². The van der Waals surface area contributed by atoms with Crippen LogP contribution in [0.2, 0.25) is 0 Å². The van der Waals surface area contributed by atoms with Crippen molar-refractivity contribution in [2.24, 2.45) is 0 Å². The third kappa shape index (κ3) is 10.6. The molecule has 0 saturated heterocycles. The molecule has 8 heteroatoms. The summed E-state index contributed by atoms with van der Waals surface area (Å²) in [6.45, 7) is 0.579. The summed E-state index contributed by atoms with van der Waals surface area (Å²) < 4.78 is 0. The molecular weight excluding hydrogens is 1590 g/mol. The van der Waals surface area contributed by atoms with Crippen molar-refractivity contribution in [2.45, 2.75) is 0 Å². The molecule has 0 amide bonds. The molecule has 0 atom stereocenters. The zero-order chi connectivity index (χ0) is 86.1. The largest absolute Gasteiger partial charge is 0.376 e. The van der Waals surface area contributed by atoms with Crippen LogP contribution in [0.1, 0.15) is 0 Å². The van der Waals surface area contributed by atoms with Crippen molar-refractivity contribution in [1.82, 2.24) is 0 Å². The second-order valence-corrected chi connectivity index (χ2v) is 36.6. The molecule has 0 bridgehead atoms. The van der Waals surface area contributed by atoms with E-state index in [1.165, 1.54) is 264 Å². The number of anilines is 8. The molecule has 0 spiro atoms. The van der Waals surface area contributed by atoms with Crippen molar-refractivity contribution >= 4 is 224 Å². The Balaban J connectivity index is 0.0000000862. The normalized spacial score (nSPS) is 13.3. The van der Waals surface area contributed by atoms with E-state index in [4.69, 9.17) is 0 Å². The summed E-state index contributed by atoms with van der Waals surface area (Å²) in [5.74, 6) is 0. The number of nitrogens with zero attached hydrogens (tertiary/aromatic N) is 4. The van der Waals surface area contributed by atoms with Gasteiger partial charge in [0.15, 0.2) is 0 Å². The van der Waals surface area contributed by atoms with Gasteiger partial charge < -0.3 is 19.2 Å². The summed E-state index contributed by atoms with van der Waals surface area (Å²) in [7, 11) is 0. The molecule has 0 radical (unpaired) electrons. The minimum Gasteiger partial charge on any atom is -0.376 e. The highest BCUT2D eigenvalue weighted by Gasteiger charge is 2.48. The fraction of sp³-hybridized carbons (Fsp3) is 0. The van der Waals surface area contributed by atoms with E-state index in [0.717, 1.165) is 0 Å². The molecule has 0 aliphatic carbocycles. The first-order valence-electron chi connectivity index (χ1n) is 46.3. The van der Waals surface area contributed by atoms with E-state index in [1.54, 1.807) is 0 Å². The monoisotopic (exact) mass is 1660 g/mol. The van der Waals surface area contributed by atoms with E-state index >= 15 is 0 Å². The van der Waals surface area contributed by atoms with Gasteiger partial charge in [0.25, 0.3) is 0 Å². The lowest BCUT2D eigenvalue weighted by molar-refractivity contribution is 1.35. The highest BCUT2D eigenvalue weighted by atomic mass is 15.1. The lowest BCUT2D eigenvalue weighted by Crippen LogP contribution is -2.59. The molecule has 4 nitrogen and oxygen atoms in total. The van der Waals surface area contributed by atoms with Crippen LogP contribution in [0.4, 0.5) is 45.5 Å². The van der Waals surface area contributed by atoms with E-state index in [9.17, 15) is 0 Å². The molecule has 0 unspecified atom stereocenters. The fourth-order valence-corrected chi connectivity index (χ4v) is 24.5. The van der Waals surface area contributed by atoms with Crippen LogP contribution in [-0.4, -0.2) is 27.4 Å². The van der Waals surface area contributed by atoms with E-state index in [-0.39, 0.29) is 27.4 Å². The summed E-state index contributed by atoms with van der Waals surface area (Å²) in [4.78, 5) is 10.3. The Hall–Kier alpha value is -16.7. The average Bonchev–Trinajstić information content (AvgIpc) is 0.705. The second kappa shape index (κ2) is 28.4. The number of hydrogen-bond donors (Lipinski definition) is 0. The van der Waals surface area contributed by atoms with E-state index < -0.39 is 0 Å². The zero-order valence-corrected chi connectivity index (χ0v) is 72.0. The third-order valence-electron chi connectivity index (χ3n) is 30.0. The Morgan fingerprint density at radius 3 is 0.667 bits per heavy atom. The number of fused-ring (bicyclic) bond motifs is 46. The molecule has 0 N–H and O–H groups in total. The quantitative estimate of drug-likeness (QED) is 0.111. The van der Waals surface area contributed by atoms with Gasteiger partial charge in [-0.05, 0) is 247 Å². The minimum atomic E-state index is 0.129. The molecule has 24 aromatic carbocycles. The zero-order valence-electron chi connectivity index (χ0n) is 72.0. The van der Waals surface area contributed by atoms with Gasteiger partial charge in [0.2, 0.25) is 0 Å². The first-order chi connectivity index (χ1) is 65.5. The molecule has 604 valence electrons. The molecule has 0 fully saturated rings. The highest BCUT2D eigenvalue weighted by Crippen LogP contribution is 2.54. The van der Waals surface area contributed by atoms with Crippen LogP contribution in [0.3, 0.4) is 0 Å². The first kappa shape index (κ1) is 73.4. The summed E-state index contributed by atoms with van der Waals surface area (Å²) in [5, 5.41) is 26.4. The third-order valence-corrected chi connectivity index (χ3v) is 30.0. The SMILES string of the molecule is c1ccc2c(c1)-c1c(ccc3ccccc13)B1c3cccc4ccc5cccc(c5c34)N12.c1ccc2c(c1)-c1cc3ccccc3cc1B1c3cc4ccccc4cc3-c3ccccc3N12.c1ccc2c(c1)-c1cc3ccccc3cc1B1c3ccc4ccccc4c3-c3ccccc3N12.c1ccc2c(c1)-c1cc3ccccc3cc1B1c3cccc4ccc5cccc(c5c34)N12. The molecule has 132 heavy (non-hydrogen) atoms. The lowest BCUT2D eigenvalue weighted by atomic mass is 9.43. The van der Waals surface area contributed by atoms with E-state index in [2.05, 4.69) is 480 Å². The van der Waals surface area contributed by atoms with Crippen LogP contribution in [0.15, 0.2) is 461 Å². The Morgan fingerprint density at radius 2 is 0.333 bits per heavy atom. The Kier molecular flexibility index (Phi) is 15.8. The Labute approximate surface area is 765 Å². The van der Waals surface area contributed by atoms with Gasteiger partial charge >= 0.3 is 27.4 Å². The molecule has 0 aromatic heterocycles. The molecule has 24 aromatic rings. The van der Waals surface area contributed by atoms with Crippen molar-refractivity contribution in [3.05, 3.63) is 461 Å². The predicted octanol–water partition coefficient (Wildman–Crippen LogP) is 26.6. The highest BCUT2D eigenvalue weighted by molar-refractivity contribution is 6.96. The Morgan fingerprint density at radius 1 is 0.121 bits per heavy atom. The van der Waals surface area contributed by atoms with Crippen molar-refractivity contribution in [2.75, 3.05) is 19.2 Å². The van der Waals surface area contributed by atoms with Crippen LogP contribution in [0, 0.1) is 0 Å². The molecular formula is C124H76B4N4.